The van der Waals surface area contributed by atoms with Crippen LogP contribution in [0.4, 0.5) is 11.4 Å². The third kappa shape index (κ3) is 10.2. The van der Waals surface area contributed by atoms with Gasteiger partial charge in [-0.2, -0.15) is 0 Å². The number of epoxide rings is 1. The van der Waals surface area contributed by atoms with E-state index in [0.717, 1.165) is 99.5 Å². The molecule has 11 rings (SSSR count). The first-order valence-electron chi connectivity index (χ1n) is 23.0. The monoisotopic (exact) mass is 948 g/mol. The molecule has 2 amide bonds. The van der Waals surface area contributed by atoms with Gasteiger partial charge in [0, 0.05) is 62.5 Å². The van der Waals surface area contributed by atoms with Gasteiger partial charge in [-0.05, 0) is 110 Å². The molecule has 3 fully saturated rings. The van der Waals surface area contributed by atoms with Crippen molar-refractivity contribution >= 4 is 56.6 Å². The summed E-state index contributed by atoms with van der Waals surface area (Å²) >= 11 is 5.27. The van der Waals surface area contributed by atoms with Gasteiger partial charge in [0.25, 0.3) is 0 Å². The number of hydrogen-bond donors (Lipinski definition) is 4. The lowest BCUT2D eigenvalue weighted by atomic mass is 9.92. The molecule has 2 saturated carbocycles. The molecule has 362 valence electrons. The summed E-state index contributed by atoms with van der Waals surface area (Å²) in [5, 5.41) is 18.8. The Morgan fingerprint density at radius 1 is 0.750 bits per heavy atom. The van der Waals surface area contributed by atoms with Crippen molar-refractivity contribution in [1.29, 1.82) is 0 Å². The summed E-state index contributed by atoms with van der Waals surface area (Å²) in [5.74, 6) is 3.59. The van der Waals surface area contributed by atoms with Gasteiger partial charge in [0.05, 0.1) is 48.7 Å². The number of hydrogen-bond acceptors (Lipinski definition) is 9. The number of halogens is 1. The van der Waals surface area contributed by atoms with Gasteiger partial charge >= 0.3 is 0 Å². The zero-order valence-electron chi connectivity index (χ0n) is 39.3. The molecular formula is C54H65ClN4O9. The van der Waals surface area contributed by atoms with Gasteiger partial charge in [0.1, 0.15) is 0 Å². The molecule has 1 saturated heterocycles. The molecule has 13 nitrogen and oxygen atoms in total. The Morgan fingerprint density at radius 2 is 1.28 bits per heavy atom. The third-order valence-electron chi connectivity index (χ3n) is 13.2. The van der Waals surface area contributed by atoms with Gasteiger partial charge in [0.2, 0.25) is 25.4 Å². The highest BCUT2D eigenvalue weighted by Gasteiger charge is 2.52. The van der Waals surface area contributed by atoms with Crippen molar-refractivity contribution in [2.24, 2.45) is 0 Å². The first-order chi connectivity index (χ1) is 32.0. The van der Waals surface area contributed by atoms with E-state index < -0.39 is 16.9 Å². The van der Waals surface area contributed by atoms with E-state index in [0.29, 0.717) is 24.3 Å². The van der Waals surface area contributed by atoms with Crippen LogP contribution < -0.4 is 29.6 Å². The van der Waals surface area contributed by atoms with Crippen LogP contribution in [0.1, 0.15) is 97.2 Å². The number of anilines is 2. The Hall–Kier alpha value is -5.73. The standard InChI is InChI=1S/C27H32N2O5.C23H24N2O3.C3H5ClO.CH4/c1-26(2,3)24-12-17-11-19(6-7-21(17)29(24)14-20(30)15-32-4)28-25(31)27(9-10-27)18-5-8-22-23(13-18)34-16-33-22;1-22(2,3)20-11-14-10-16(5-6-17(14)25-20)24-21(26)23(8-9-23)15-4-7-18-19(12-15)28-13-27-18;4-1-3-2-5-3;/h5-8,11-13,20,30H,9-10,14-16H2,1-4H3,(H,28,31);4-7,10-12,25H,8-9,13H2,1-3H3,(H,24,26);3H,1-2H2;1H4. The summed E-state index contributed by atoms with van der Waals surface area (Å²) in [6.07, 6.45) is 3.11. The maximum atomic E-state index is 13.3. The van der Waals surface area contributed by atoms with Gasteiger partial charge in [0.15, 0.2) is 23.0 Å². The zero-order chi connectivity index (χ0) is 47.3. The smallest absolute Gasteiger partial charge is 0.235 e. The van der Waals surface area contributed by atoms with Crippen molar-refractivity contribution < 1.29 is 43.1 Å². The number of benzene rings is 4. The SMILES string of the molecule is C.CC(C)(C)c1cc2cc(NC(=O)C3(c4ccc5c(c4)OCO5)CC3)ccc2[nH]1.COCC(O)Cn1c(C(C)(C)C)cc2cc(NC(=O)C3(c4ccc5c(c4)OCO5)CC3)ccc21.ClCC1CO1. The number of ether oxygens (including phenoxy) is 6. The first kappa shape index (κ1) is 48.7. The number of fused-ring (bicyclic) bond motifs is 4. The summed E-state index contributed by atoms with van der Waals surface area (Å²) in [4.78, 5) is 29.9. The van der Waals surface area contributed by atoms with Gasteiger partial charge < -0.3 is 53.7 Å². The molecule has 0 radical (unpaired) electrons. The fourth-order valence-electron chi connectivity index (χ4n) is 8.83. The molecule has 5 aliphatic rings. The van der Waals surface area contributed by atoms with E-state index in [1.165, 1.54) is 5.69 Å². The van der Waals surface area contributed by atoms with E-state index in [1.807, 2.05) is 72.8 Å². The molecule has 2 unspecified atom stereocenters. The number of aromatic nitrogens is 2. The number of amides is 2. The van der Waals surface area contributed by atoms with Crippen LogP contribution in [-0.4, -0.2) is 78.5 Å². The highest BCUT2D eigenvalue weighted by molar-refractivity contribution is 6.18. The second-order valence-electron chi connectivity index (χ2n) is 20.3. The van der Waals surface area contributed by atoms with Crippen molar-refractivity contribution in [1.82, 2.24) is 9.55 Å². The fourth-order valence-corrected chi connectivity index (χ4v) is 9.01. The number of carbonyl (C=O) groups is 2. The molecule has 68 heavy (non-hydrogen) atoms. The van der Waals surface area contributed by atoms with Crippen LogP contribution in [0.15, 0.2) is 84.9 Å². The highest BCUT2D eigenvalue weighted by Crippen LogP contribution is 2.52. The van der Waals surface area contributed by atoms with Crippen LogP contribution in [0.2, 0.25) is 0 Å². The van der Waals surface area contributed by atoms with E-state index in [-0.39, 0.29) is 50.3 Å². The molecule has 4 N–H and O–H groups in total. The highest BCUT2D eigenvalue weighted by atomic mass is 35.5. The third-order valence-corrected chi connectivity index (χ3v) is 13.5. The van der Waals surface area contributed by atoms with E-state index >= 15 is 0 Å². The topological polar surface area (TPSA) is 158 Å². The lowest BCUT2D eigenvalue weighted by molar-refractivity contribution is -0.119. The second kappa shape index (κ2) is 19.0. The number of aliphatic hydroxyl groups excluding tert-OH is 1. The number of methoxy groups -OCH3 is 1. The van der Waals surface area contributed by atoms with Crippen LogP contribution in [0, 0.1) is 0 Å². The molecule has 5 heterocycles. The molecule has 0 spiro atoms. The number of nitrogens with zero attached hydrogens (tertiary/aromatic N) is 1. The Bertz CT molecular complexity index is 2810. The van der Waals surface area contributed by atoms with Crippen molar-refractivity contribution in [3.05, 3.63) is 107 Å². The van der Waals surface area contributed by atoms with Crippen LogP contribution in [0.25, 0.3) is 21.8 Å². The number of nitrogens with one attached hydrogen (secondary N) is 3. The Balaban J connectivity index is 0.000000166. The van der Waals surface area contributed by atoms with Crippen molar-refractivity contribution in [3.8, 4) is 23.0 Å². The van der Waals surface area contributed by atoms with E-state index in [4.69, 9.17) is 40.0 Å². The van der Waals surface area contributed by atoms with Crippen molar-refractivity contribution in [3.63, 3.8) is 0 Å². The summed E-state index contributed by atoms with van der Waals surface area (Å²) < 4.78 is 33.8. The molecule has 0 bridgehead atoms. The molecule has 3 aliphatic heterocycles. The average Bonchev–Trinajstić information content (AvgIpc) is 4.26. The van der Waals surface area contributed by atoms with Crippen molar-refractivity contribution in [2.45, 2.75) is 115 Å². The quantitative estimate of drug-likeness (QED) is 0.0733. The average molecular weight is 950 g/mol. The zero-order valence-corrected chi connectivity index (χ0v) is 40.1. The minimum atomic E-state index is -0.600. The van der Waals surface area contributed by atoms with E-state index in [1.54, 1.807) is 7.11 Å². The van der Waals surface area contributed by atoms with Gasteiger partial charge in [-0.3, -0.25) is 9.59 Å². The van der Waals surface area contributed by atoms with Gasteiger partial charge in [-0.1, -0.05) is 61.1 Å². The van der Waals surface area contributed by atoms with Gasteiger partial charge in [-0.25, -0.2) is 0 Å². The fraction of sp³-hybridized carbons (Fsp3) is 0.444. The Labute approximate surface area is 403 Å². The van der Waals surface area contributed by atoms with Crippen LogP contribution in [0.5, 0.6) is 23.0 Å². The van der Waals surface area contributed by atoms with E-state index in [2.05, 4.69) is 73.9 Å². The predicted octanol–water partition coefficient (Wildman–Crippen LogP) is 10.5. The molecule has 4 aromatic carbocycles. The normalized spacial score (nSPS) is 18.0. The maximum absolute atomic E-state index is 13.3. The minimum absolute atomic E-state index is 0. The molecule has 6 aromatic rings. The lowest BCUT2D eigenvalue weighted by Crippen LogP contribution is -2.27. The Kier molecular flexibility index (Phi) is 13.6. The molecule has 2 aliphatic carbocycles. The number of carbonyl (C=O) groups excluding carboxylic acids is 2. The van der Waals surface area contributed by atoms with Crippen molar-refractivity contribution in [2.75, 3.05) is 50.4 Å². The van der Waals surface area contributed by atoms with Crippen LogP contribution in [0.3, 0.4) is 0 Å². The van der Waals surface area contributed by atoms with Gasteiger partial charge in [-0.15, -0.1) is 11.6 Å². The summed E-state index contributed by atoms with van der Waals surface area (Å²) in [6.45, 7) is 15.1. The number of aliphatic hydroxyl groups is 1. The maximum Gasteiger partial charge on any atom is 0.235 e. The molecular weight excluding hydrogens is 884 g/mol. The minimum Gasteiger partial charge on any atom is -0.454 e. The first-order valence-corrected chi connectivity index (χ1v) is 23.6. The van der Waals surface area contributed by atoms with Crippen LogP contribution >= 0.6 is 11.6 Å². The summed E-state index contributed by atoms with van der Waals surface area (Å²) in [5.41, 5.74) is 6.92. The predicted molar refractivity (Wildman–Crippen MR) is 267 cm³/mol. The molecule has 2 atom stereocenters. The largest absolute Gasteiger partial charge is 0.454 e. The second-order valence-corrected chi connectivity index (χ2v) is 20.6. The molecule has 14 heteroatoms. The number of alkyl halides is 1. The van der Waals surface area contributed by atoms with Crippen LogP contribution in [-0.2, 0) is 47.3 Å². The number of aromatic amines is 1. The summed E-state index contributed by atoms with van der Waals surface area (Å²) in [7, 11) is 1.59. The Morgan fingerprint density at radius 3 is 1.75 bits per heavy atom. The summed E-state index contributed by atoms with van der Waals surface area (Å²) in [6, 6.07) is 27.9. The number of rotatable bonds is 11. The van der Waals surface area contributed by atoms with E-state index in [9.17, 15) is 14.7 Å². The lowest BCUT2D eigenvalue weighted by Gasteiger charge is -2.23. The molecule has 2 aromatic heterocycles. The number of H-pyrrole nitrogens is 1.